The van der Waals surface area contributed by atoms with Crippen LogP contribution >= 0.6 is 0 Å². The Balaban J connectivity index is 1.33. The molecule has 2 heterocycles. The van der Waals surface area contributed by atoms with Gasteiger partial charge in [0.1, 0.15) is 11.5 Å². The lowest BCUT2D eigenvalue weighted by atomic mass is 9.97. The van der Waals surface area contributed by atoms with Crippen molar-refractivity contribution < 1.29 is 9.90 Å². The summed E-state index contributed by atoms with van der Waals surface area (Å²) < 4.78 is 3.46. The zero-order chi connectivity index (χ0) is 23.4. The van der Waals surface area contributed by atoms with E-state index in [2.05, 4.69) is 21.8 Å². The lowest BCUT2D eigenvalue weighted by molar-refractivity contribution is 0.109. The number of urea groups is 1. The summed E-state index contributed by atoms with van der Waals surface area (Å²) in [5, 5.41) is 26.2. The number of carbonyl (C=O) groups is 1. The molecule has 8 heteroatoms. The van der Waals surface area contributed by atoms with E-state index in [1.165, 1.54) is 0 Å². The number of rotatable bonds is 4. The van der Waals surface area contributed by atoms with Crippen LogP contribution in [-0.4, -0.2) is 36.8 Å². The molecule has 34 heavy (non-hydrogen) atoms. The summed E-state index contributed by atoms with van der Waals surface area (Å²) in [5.41, 5.74) is 5.20. The number of benzene rings is 2. The number of aromatic nitrogens is 4. The molecule has 1 unspecified atom stereocenters. The van der Waals surface area contributed by atoms with Crippen LogP contribution in [0.25, 0.3) is 16.9 Å². The van der Waals surface area contributed by atoms with Gasteiger partial charge < -0.3 is 10.4 Å². The molecule has 3 N–H and O–H groups in total. The highest BCUT2D eigenvalue weighted by Gasteiger charge is 2.59. The minimum absolute atomic E-state index is 0.219. The van der Waals surface area contributed by atoms with Gasteiger partial charge in [0.2, 0.25) is 0 Å². The number of para-hydroxylation sites is 1. The van der Waals surface area contributed by atoms with Gasteiger partial charge in [-0.3, -0.25) is 10.00 Å². The Labute approximate surface area is 197 Å². The van der Waals surface area contributed by atoms with Crippen molar-refractivity contribution in [3.05, 3.63) is 83.7 Å². The van der Waals surface area contributed by atoms with Crippen molar-refractivity contribution in [3.8, 4) is 16.9 Å². The van der Waals surface area contributed by atoms with Crippen LogP contribution in [0.4, 0.5) is 10.6 Å². The van der Waals surface area contributed by atoms with Gasteiger partial charge >= 0.3 is 6.03 Å². The van der Waals surface area contributed by atoms with Crippen LogP contribution in [-0.2, 0) is 12.5 Å². The third kappa shape index (κ3) is 3.13. The van der Waals surface area contributed by atoms with Crippen LogP contribution < -0.4 is 10.6 Å². The molecule has 8 nitrogen and oxygen atoms in total. The highest BCUT2D eigenvalue weighted by atomic mass is 16.3. The SMILES string of the molecule is Cc1c(-c2cnn(C)c2)nn(-c2ccccc2)c1NC(=O)NC1c2ccccc2C2(CC2)[C@@H]1O. The quantitative estimate of drug-likeness (QED) is 0.436. The summed E-state index contributed by atoms with van der Waals surface area (Å²) in [4.78, 5) is 13.2. The van der Waals surface area contributed by atoms with E-state index in [-0.39, 0.29) is 11.4 Å². The smallest absolute Gasteiger partial charge is 0.320 e. The van der Waals surface area contributed by atoms with Gasteiger partial charge in [0.25, 0.3) is 0 Å². The second-order valence-corrected chi connectivity index (χ2v) is 9.24. The average molecular weight is 455 g/mol. The summed E-state index contributed by atoms with van der Waals surface area (Å²) in [6.07, 6.45) is 4.91. The van der Waals surface area contributed by atoms with Gasteiger partial charge in [-0.25, -0.2) is 9.48 Å². The van der Waals surface area contributed by atoms with Gasteiger partial charge in [-0.2, -0.15) is 10.2 Å². The van der Waals surface area contributed by atoms with Gasteiger partial charge in [0.15, 0.2) is 0 Å². The summed E-state index contributed by atoms with van der Waals surface area (Å²) >= 11 is 0. The minimum atomic E-state index is -0.637. The third-order valence-corrected chi connectivity index (χ3v) is 7.12. The lowest BCUT2D eigenvalue weighted by Crippen LogP contribution is -2.39. The monoisotopic (exact) mass is 454 g/mol. The summed E-state index contributed by atoms with van der Waals surface area (Å²) in [6, 6.07) is 16.9. The van der Waals surface area contributed by atoms with E-state index in [4.69, 9.17) is 5.10 Å². The number of hydrogen-bond donors (Lipinski definition) is 3. The fourth-order valence-corrected chi connectivity index (χ4v) is 5.23. The van der Waals surface area contributed by atoms with E-state index in [9.17, 15) is 9.90 Å². The highest BCUT2D eigenvalue weighted by Crippen LogP contribution is 2.59. The molecule has 2 aliphatic rings. The van der Waals surface area contributed by atoms with Crippen LogP contribution in [0.2, 0.25) is 0 Å². The lowest BCUT2D eigenvalue weighted by Gasteiger charge is -2.21. The Morgan fingerprint density at radius 3 is 2.56 bits per heavy atom. The number of aliphatic hydroxyl groups excluding tert-OH is 1. The van der Waals surface area contributed by atoms with E-state index in [0.717, 1.165) is 46.5 Å². The van der Waals surface area contributed by atoms with Crippen molar-refractivity contribution in [2.24, 2.45) is 7.05 Å². The van der Waals surface area contributed by atoms with Crippen LogP contribution in [0.3, 0.4) is 0 Å². The summed E-state index contributed by atoms with van der Waals surface area (Å²) in [6.45, 7) is 1.93. The number of nitrogens with zero attached hydrogens (tertiary/aromatic N) is 4. The van der Waals surface area contributed by atoms with E-state index in [0.29, 0.717) is 5.82 Å². The second kappa shape index (κ2) is 7.56. The molecule has 2 aromatic carbocycles. The maximum atomic E-state index is 13.2. The predicted molar refractivity (Wildman–Crippen MR) is 129 cm³/mol. The first-order valence-corrected chi connectivity index (χ1v) is 11.5. The van der Waals surface area contributed by atoms with Crippen molar-refractivity contribution in [2.45, 2.75) is 37.3 Å². The molecule has 1 fully saturated rings. The maximum Gasteiger partial charge on any atom is 0.320 e. The summed E-state index contributed by atoms with van der Waals surface area (Å²) in [7, 11) is 1.86. The molecule has 0 radical (unpaired) electrons. The number of aryl methyl sites for hydroxylation is 1. The molecular weight excluding hydrogens is 428 g/mol. The predicted octanol–water partition coefficient (Wildman–Crippen LogP) is 3.85. The Bertz CT molecular complexity index is 1390. The largest absolute Gasteiger partial charge is 0.390 e. The van der Waals surface area contributed by atoms with Gasteiger partial charge in [0.05, 0.1) is 24.0 Å². The topological polar surface area (TPSA) is 97.0 Å². The van der Waals surface area contributed by atoms with E-state index >= 15 is 0 Å². The number of carbonyl (C=O) groups excluding carboxylic acids is 1. The summed E-state index contributed by atoms with van der Waals surface area (Å²) in [5.74, 6) is 0.574. The fraction of sp³-hybridized carbons (Fsp3) is 0.269. The average Bonchev–Trinajstić information content (AvgIpc) is 3.38. The molecule has 6 rings (SSSR count). The molecule has 1 spiro atoms. The molecule has 0 saturated heterocycles. The minimum Gasteiger partial charge on any atom is -0.390 e. The van der Waals surface area contributed by atoms with Gasteiger partial charge in [-0.15, -0.1) is 0 Å². The molecule has 2 amide bonds. The van der Waals surface area contributed by atoms with Crippen molar-refractivity contribution in [1.82, 2.24) is 24.9 Å². The van der Waals surface area contributed by atoms with Crippen molar-refractivity contribution in [1.29, 1.82) is 0 Å². The van der Waals surface area contributed by atoms with Crippen molar-refractivity contribution in [2.75, 3.05) is 5.32 Å². The second-order valence-electron chi connectivity index (χ2n) is 9.24. The molecule has 2 aromatic heterocycles. The maximum absolute atomic E-state index is 13.2. The van der Waals surface area contributed by atoms with Crippen LogP contribution in [0, 0.1) is 6.92 Å². The Morgan fingerprint density at radius 1 is 1.12 bits per heavy atom. The first kappa shape index (κ1) is 20.7. The number of nitrogens with one attached hydrogen (secondary N) is 2. The zero-order valence-corrected chi connectivity index (χ0v) is 19.1. The van der Waals surface area contributed by atoms with E-state index < -0.39 is 12.1 Å². The molecular formula is C26H26N6O2. The van der Waals surface area contributed by atoms with E-state index in [1.54, 1.807) is 15.6 Å². The Hall–Kier alpha value is -3.91. The molecule has 2 atom stereocenters. The van der Waals surface area contributed by atoms with Crippen molar-refractivity contribution in [3.63, 3.8) is 0 Å². The highest BCUT2D eigenvalue weighted by molar-refractivity contribution is 5.91. The number of fused-ring (bicyclic) bond motifs is 2. The number of hydrogen-bond acceptors (Lipinski definition) is 4. The van der Waals surface area contributed by atoms with Crippen molar-refractivity contribution >= 4 is 11.8 Å². The van der Waals surface area contributed by atoms with Crippen LogP contribution in [0.15, 0.2) is 67.0 Å². The van der Waals surface area contributed by atoms with Crippen LogP contribution in [0.1, 0.15) is 35.6 Å². The molecule has 0 aliphatic heterocycles. The Kier molecular flexibility index (Phi) is 4.60. The fourth-order valence-electron chi connectivity index (χ4n) is 5.23. The Morgan fingerprint density at radius 2 is 1.85 bits per heavy atom. The number of anilines is 1. The van der Waals surface area contributed by atoms with E-state index in [1.807, 2.05) is 68.7 Å². The number of amides is 2. The first-order chi connectivity index (χ1) is 16.5. The van der Waals surface area contributed by atoms with Crippen LogP contribution in [0.5, 0.6) is 0 Å². The molecule has 1 saturated carbocycles. The molecule has 172 valence electrons. The molecule has 4 aromatic rings. The third-order valence-electron chi connectivity index (χ3n) is 7.12. The first-order valence-electron chi connectivity index (χ1n) is 11.5. The molecule has 2 aliphatic carbocycles. The van der Waals surface area contributed by atoms with Gasteiger partial charge in [-0.05, 0) is 43.0 Å². The van der Waals surface area contributed by atoms with Gasteiger partial charge in [-0.1, -0.05) is 42.5 Å². The standard InChI is InChI=1S/C26H26N6O2/c1-16-21(17-14-27-31(2)15-17)30-32(18-8-4-3-5-9-18)24(16)29-25(34)28-22-19-10-6-7-11-20(19)26(12-13-26)23(22)33/h3-11,14-15,22-23,33H,12-13H2,1-2H3,(H2,28,29,34)/t22?,23-/m1/s1. The zero-order valence-electron chi connectivity index (χ0n) is 19.1. The number of aliphatic hydroxyl groups is 1. The molecule has 0 bridgehead atoms. The normalized spacial score (nSPS) is 19.7. The van der Waals surface area contributed by atoms with Gasteiger partial charge in [0, 0.05) is 29.8 Å².